The van der Waals surface area contributed by atoms with Crippen molar-refractivity contribution in [1.29, 1.82) is 0 Å². The molecule has 0 atom stereocenters. The molecule has 0 bridgehead atoms. The third-order valence-electron chi connectivity index (χ3n) is 3.90. The average molecular weight is 296 g/mol. The Bertz CT molecular complexity index is 522. The smallest absolute Gasteiger partial charge is 0.212 e. The van der Waals surface area contributed by atoms with Gasteiger partial charge in [-0.05, 0) is 49.4 Å². The molecule has 1 heterocycles. The van der Waals surface area contributed by atoms with Crippen LogP contribution in [0.2, 0.25) is 0 Å². The van der Waals surface area contributed by atoms with Crippen LogP contribution in [0, 0.1) is 5.92 Å². The van der Waals surface area contributed by atoms with Crippen molar-refractivity contribution in [2.75, 3.05) is 18.8 Å². The van der Waals surface area contributed by atoms with Crippen LogP contribution >= 0.6 is 0 Å². The molecule has 1 aliphatic rings. The van der Waals surface area contributed by atoms with Crippen LogP contribution in [0.15, 0.2) is 24.3 Å². The van der Waals surface area contributed by atoms with Gasteiger partial charge < -0.3 is 5.32 Å². The normalized spacial score (nSPS) is 17.2. The van der Waals surface area contributed by atoms with Crippen LogP contribution in [0.1, 0.15) is 30.9 Å². The minimum Gasteiger partial charge on any atom is -0.317 e. The highest BCUT2D eigenvalue weighted by molar-refractivity contribution is 7.89. The first kappa shape index (κ1) is 15.5. The first-order valence-corrected chi connectivity index (χ1v) is 9.01. The topological polar surface area (TPSA) is 58.2 Å². The van der Waals surface area contributed by atoms with Crippen molar-refractivity contribution in [2.24, 2.45) is 5.92 Å². The van der Waals surface area contributed by atoms with Gasteiger partial charge in [0.05, 0.1) is 5.75 Å². The summed E-state index contributed by atoms with van der Waals surface area (Å²) in [7, 11) is -3.18. The second-order valence-corrected chi connectivity index (χ2v) is 7.27. The van der Waals surface area contributed by atoms with Gasteiger partial charge in [-0.25, -0.2) is 13.1 Å². The summed E-state index contributed by atoms with van der Waals surface area (Å²) in [4.78, 5) is 0. The number of aryl methyl sites for hydroxylation is 1. The molecule has 2 N–H and O–H groups in total. The first-order valence-electron chi connectivity index (χ1n) is 7.35. The fraction of sp³-hybridized carbons (Fsp3) is 0.600. The Morgan fingerprint density at radius 2 is 1.85 bits per heavy atom. The van der Waals surface area contributed by atoms with Gasteiger partial charge in [0.25, 0.3) is 0 Å². The van der Waals surface area contributed by atoms with E-state index >= 15 is 0 Å². The third-order valence-corrected chi connectivity index (χ3v) is 5.39. The number of hydrogen-bond donors (Lipinski definition) is 2. The van der Waals surface area contributed by atoms with Crippen molar-refractivity contribution in [3.05, 3.63) is 35.4 Å². The third kappa shape index (κ3) is 4.58. The lowest BCUT2D eigenvalue weighted by Crippen LogP contribution is -2.35. The number of benzene rings is 1. The molecule has 0 saturated carbocycles. The van der Waals surface area contributed by atoms with Crippen LogP contribution < -0.4 is 10.0 Å². The molecule has 112 valence electrons. The lowest BCUT2D eigenvalue weighted by molar-refractivity contribution is 0.400. The molecule has 0 amide bonds. The van der Waals surface area contributed by atoms with Gasteiger partial charge in [0.1, 0.15) is 0 Å². The van der Waals surface area contributed by atoms with E-state index in [0.717, 1.165) is 37.9 Å². The van der Waals surface area contributed by atoms with Crippen molar-refractivity contribution >= 4 is 10.0 Å². The Labute approximate surface area is 122 Å². The van der Waals surface area contributed by atoms with E-state index in [0.29, 0.717) is 6.54 Å². The van der Waals surface area contributed by atoms with E-state index in [9.17, 15) is 8.42 Å². The van der Waals surface area contributed by atoms with Crippen LogP contribution in [-0.2, 0) is 23.0 Å². The van der Waals surface area contributed by atoms with Crippen LogP contribution in [0.4, 0.5) is 0 Å². The molecule has 0 aromatic heterocycles. The van der Waals surface area contributed by atoms with Crippen LogP contribution in [0.5, 0.6) is 0 Å². The fourth-order valence-corrected chi connectivity index (χ4v) is 4.13. The summed E-state index contributed by atoms with van der Waals surface area (Å²) in [6.07, 6.45) is 2.82. The van der Waals surface area contributed by atoms with E-state index in [-0.39, 0.29) is 11.7 Å². The molecule has 1 aromatic carbocycles. The summed E-state index contributed by atoms with van der Waals surface area (Å²) in [6.45, 7) is 4.34. The number of sulfonamides is 1. The summed E-state index contributed by atoms with van der Waals surface area (Å²) in [5.74, 6) is 0.540. The average Bonchev–Trinajstić information content (AvgIpc) is 2.46. The quantitative estimate of drug-likeness (QED) is 0.839. The highest BCUT2D eigenvalue weighted by Gasteiger charge is 2.20. The molecule has 0 aliphatic carbocycles. The standard InChI is InChI=1S/C15H24N2O2S/c1-2-14-5-3-4-6-15(14)11-17-20(18,19)12-13-7-9-16-10-8-13/h3-6,13,16-17H,2,7-12H2,1H3. The zero-order valence-corrected chi connectivity index (χ0v) is 12.9. The van der Waals surface area contributed by atoms with E-state index in [2.05, 4.69) is 23.0 Å². The molecule has 1 aromatic rings. The largest absolute Gasteiger partial charge is 0.317 e. The number of nitrogens with one attached hydrogen (secondary N) is 2. The van der Waals surface area contributed by atoms with E-state index in [1.54, 1.807) is 0 Å². The maximum Gasteiger partial charge on any atom is 0.212 e. The van der Waals surface area contributed by atoms with Crippen LogP contribution in [-0.4, -0.2) is 27.3 Å². The molecule has 5 heteroatoms. The SMILES string of the molecule is CCc1ccccc1CNS(=O)(=O)CC1CCNCC1. The van der Waals surface area contributed by atoms with Gasteiger partial charge >= 0.3 is 0 Å². The highest BCUT2D eigenvalue weighted by Crippen LogP contribution is 2.14. The van der Waals surface area contributed by atoms with Crippen molar-refractivity contribution in [3.63, 3.8) is 0 Å². The molecule has 0 radical (unpaired) electrons. The van der Waals surface area contributed by atoms with Gasteiger partial charge in [-0.3, -0.25) is 0 Å². The monoisotopic (exact) mass is 296 g/mol. The van der Waals surface area contributed by atoms with Gasteiger partial charge in [0.2, 0.25) is 10.0 Å². The van der Waals surface area contributed by atoms with Gasteiger partial charge in [0.15, 0.2) is 0 Å². The second-order valence-electron chi connectivity index (χ2n) is 5.42. The second kappa shape index (κ2) is 7.20. The van der Waals surface area contributed by atoms with E-state index in [1.807, 2.05) is 18.2 Å². The Balaban J connectivity index is 1.91. The Hall–Kier alpha value is -0.910. The maximum absolute atomic E-state index is 12.1. The lowest BCUT2D eigenvalue weighted by atomic mass is 10.0. The molecule has 2 rings (SSSR count). The zero-order chi connectivity index (χ0) is 14.4. The summed E-state index contributed by atoms with van der Waals surface area (Å²) < 4.78 is 27.0. The van der Waals surface area contributed by atoms with E-state index in [1.165, 1.54) is 5.56 Å². The molecule has 1 fully saturated rings. The lowest BCUT2D eigenvalue weighted by Gasteiger charge is -2.22. The van der Waals surface area contributed by atoms with Gasteiger partial charge in [-0.1, -0.05) is 31.2 Å². The van der Waals surface area contributed by atoms with E-state index < -0.39 is 10.0 Å². The fourth-order valence-electron chi connectivity index (χ4n) is 2.68. The van der Waals surface area contributed by atoms with Crippen LogP contribution in [0.3, 0.4) is 0 Å². The molecule has 20 heavy (non-hydrogen) atoms. The number of hydrogen-bond acceptors (Lipinski definition) is 3. The van der Waals surface area contributed by atoms with Gasteiger partial charge in [0, 0.05) is 6.54 Å². The van der Waals surface area contributed by atoms with Gasteiger partial charge in [-0.15, -0.1) is 0 Å². The predicted molar refractivity (Wildman–Crippen MR) is 82.0 cm³/mol. The summed E-state index contributed by atoms with van der Waals surface area (Å²) >= 11 is 0. The van der Waals surface area contributed by atoms with E-state index in [4.69, 9.17) is 0 Å². The van der Waals surface area contributed by atoms with Crippen molar-refractivity contribution in [3.8, 4) is 0 Å². The van der Waals surface area contributed by atoms with Crippen LogP contribution in [0.25, 0.3) is 0 Å². The summed E-state index contributed by atoms with van der Waals surface area (Å²) in [6, 6.07) is 7.99. The Kier molecular flexibility index (Phi) is 5.57. The molecule has 1 saturated heterocycles. The predicted octanol–water partition coefficient (Wildman–Crippen LogP) is 1.67. The zero-order valence-electron chi connectivity index (χ0n) is 12.1. The Morgan fingerprint density at radius 1 is 1.20 bits per heavy atom. The molecule has 0 spiro atoms. The first-order chi connectivity index (χ1) is 9.61. The highest BCUT2D eigenvalue weighted by atomic mass is 32.2. The number of piperidine rings is 1. The molecular formula is C15H24N2O2S. The molecule has 4 nitrogen and oxygen atoms in total. The van der Waals surface area contributed by atoms with Crippen molar-refractivity contribution in [1.82, 2.24) is 10.0 Å². The van der Waals surface area contributed by atoms with Gasteiger partial charge in [-0.2, -0.15) is 0 Å². The van der Waals surface area contributed by atoms with Crippen molar-refractivity contribution < 1.29 is 8.42 Å². The Morgan fingerprint density at radius 3 is 2.50 bits per heavy atom. The molecular weight excluding hydrogens is 272 g/mol. The maximum atomic E-state index is 12.1. The minimum atomic E-state index is -3.18. The molecule has 0 unspecified atom stereocenters. The number of rotatable bonds is 6. The minimum absolute atomic E-state index is 0.253. The van der Waals surface area contributed by atoms with Crippen molar-refractivity contribution in [2.45, 2.75) is 32.7 Å². The summed E-state index contributed by atoms with van der Waals surface area (Å²) in [5.41, 5.74) is 2.28. The molecule has 1 aliphatic heterocycles. The summed E-state index contributed by atoms with van der Waals surface area (Å²) in [5, 5.41) is 3.26.